The van der Waals surface area contributed by atoms with Gasteiger partial charge in [-0.1, -0.05) is 0 Å². The van der Waals surface area contributed by atoms with Gasteiger partial charge in [0.25, 0.3) is 16.8 Å². The van der Waals surface area contributed by atoms with E-state index in [2.05, 4.69) is 0 Å². The zero-order chi connectivity index (χ0) is 14.9. The topological polar surface area (TPSA) is 101 Å². The average Bonchev–Trinajstić information content (AvgIpc) is 2.66. The van der Waals surface area contributed by atoms with Gasteiger partial charge in [-0.05, 0) is 30.8 Å². The van der Waals surface area contributed by atoms with Gasteiger partial charge in [-0.2, -0.15) is 0 Å². The van der Waals surface area contributed by atoms with Crippen molar-refractivity contribution in [1.29, 1.82) is 0 Å². The highest BCUT2D eigenvalue weighted by Gasteiger charge is 2.33. The summed E-state index contributed by atoms with van der Waals surface area (Å²) in [7, 11) is 0. The summed E-state index contributed by atoms with van der Waals surface area (Å²) in [6.07, 6.45) is 1.28. The third kappa shape index (κ3) is 2.50. The van der Waals surface area contributed by atoms with Gasteiger partial charge in [0.05, 0.1) is 9.83 Å². The fraction of sp³-hybridized carbons (Fsp3) is 0.167. The molecule has 0 unspecified atom stereocenters. The summed E-state index contributed by atoms with van der Waals surface area (Å²) >= 11 is 0.742. The number of non-ortho nitro benzene ring substituents is 1. The standard InChI is InChI=1S/C12H10N2O5S/c1-2-13-11(16)10(20-12(13)17)6-7-5-8(14(18)19)3-4-9(7)15/h3-6,15H,2H2,1H3. The van der Waals surface area contributed by atoms with Crippen LogP contribution in [0.25, 0.3) is 6.08 Å². The lowest BCUT2D eigenvalue weighted by molar-refractivity contribution is -0.384. The Balaban J connectivity index is 2.41. The molecule has 1 aromatic carbocycles. The number of benzene rings is 1. The van der Waals surface area contributed by atoms with Crippen molar-refractivity contribution in [3.8, 4) is 5.75 Å². The summed E-state index contributed by atoms with van der Waals surface area (Å²) in [6, 6.07) is 3.48. The van der Waals surface area contributed by atoms with E-state index in [0.29, 0.717) is 0 Å². The minimum absolute atomic E-state index is 0.126. The van der Waals surface area contributed by atoms with Crippen molar-refractivity contribution in [1.82, 2.24) is 4.90 Å². The number of hydrogen-bond donors (Lipinski definition) is 1. The number of likely N-dealkylation sites (N-methyl/N-ethyl adjacent to an activating group) is 1. The van der Waals surface area contributed by atoms with Crippen molar-refractivity contribution >= 4 is 34.7 Å². The molecule has 0 radical (unpaired) electrons. The molecule has 1 heterocycles. The Labute approximate surface area is 118 Å². The maximum absolute atomic E-state index is 11.9. The minimum Gasteiger partial charge on any atom is -0.507 e. The number of hydrogen-bond acceptors (Lipinski definition) is 6. The largest absolute Gasteiger partial charge is 0.507 e. The summed E-state index contributed by atoms with van der Waals surface area (Å²) in [4.78, 5) is 34.7. The number of carbonyl (C=O) groups is 2. The quantitative estimate of drug-likeness (QED) is 0.521. The molecule has 104 valence electrons. The Bertz CT molecular complexity index is 641. The maximum atomic E-state index is 11.9. The Kier molecular flexibility index (Phi) is 3.75. The van der Waals surface area contributed by atoms with E-state index >= 15 is 0 Å². The smallest absolute Gasteiger partial charge is 0.293 e. The molecule has 1 N–H and O–H groups in total. The predicted molar refractivity (Wildman–Crippen MR) is 73.1 cm³/mol. The first-order chi connectivity index (χ1) is 9.43. The van der Waals surface area contributed by atoms with Gasteiger partial charge in [0.15, 0.2) is 0 Å². The monoisotopic (exact) mass is 294 g/mol. The lowest BCUT2D eigenvalue weighted by atomic mass is 10.1. The number of nitro benzene ring substituents is 1. The van der Waals surface area contributed by atoms with E-state index in [1.807, 2.05) is 0 Å². The van der Waals surface area contributed by atoms with Crippen LogP contribution < -0.4 is 0 Å². The van der Waals surface area contributed by atoms with Crippen molar-refractivity contribution in [3.05, 3.63) is 38.8 Å². The molecule has 0 aromatic heterocycles. The number of imide groups is 1. The van der Waals surface area contributed by atoms with Gasteiger partial charge in [0, 0.05) is 24.2 Å². The number of aromatic hydroxyl groups is 1. The van der Waals surface area contributed by atoms with E-state index in [4.69, 9.17) is 0 Å². The Morgan fingerprint density at radius 3 is 2.70 bits per heavy atom. The van der Waals surface area contributed by atoms with Crippen molar-refractivity contribution in [2.24, 2.45) is 0 Å². The van der Waals surface area contributed by atoms with Crippen LogP contribution >= 0.6 is 11.8 Å². The molecule has 1 saturated heterocycles. The SMILES string of the molecule is CCN1C(=O)SC(=Cc2cc([N+](=O)[O-])ccc2O)C1=O. The van der Waals surface area contributed by atoms with Crippen LogP contribution in [0.1, 0.15) is 12.5 Å². The van der Waals surface area contributed by atoms with Gasteiger partial charge in [0.2, 0.25) is 0 Å². The van der Waals surface area contributed by atoms with Crippen LogP contribution in [0.4, 0.5) is 10.5 Å². The molecule has 0 saturated carbocycles. The molecule has 1 aromatic rings. The van der Waals surface area contributed by atoms with Crippen molar-refractivity contribution in [3.63, 3.8) is 0 Å². The molecule has 0 bridgehead atoms. The molecule has 1 aliphatic heterocycles. The fourth-order valence-corrected chi connectivity index (χ4v) is 2.58. The molecule has 20 heavy (non-hydrogen) atoms. The zero-order valence-electron chi connectivity index (χ0n) is 10.4. The van der Waals surface area contributed by atoms with Crippen LogP contribution in [0.3, 0.4) is 0 Å². The van der Waals surface area contributed by atoms with E-state index in [-0.39, 0.29) is 28.5 Å². The first-order valence-electron chi connectivity index (χ1n) is 5.66. The first kappa shape index (κ1) is 14.1. The van der Waals surface area contributed by atoms with Crippen LogP contribution in [0.15, 0.2) is 23.1 Å². The van der Waals surface area contributed by atoms with Crippen LogP contribution in [-0.2, 0) is 4.79 Å². The summed E-state index contributed by atoms with van der Waals surface area (Å²) < 4.78 is 0. The minimum atomic E-state index is -0.603. The Morgan fingerprint density at radius 1 is 1.45 bits per heavy atom. The highest BCUT2D eigenvalue weighted by molar-refractivity contribution is 8.18. The van der Waals surface area contributed by atoms with Crippen LogP contribution in [0.5, 0.6) is 5.75 Å². The molecule has 7 nitrogen and oxygen atoms in total. The average molecular weight is 294 g/mol. The van der Waals surface area contributed by atoms with Gasteiger partial charge in [-0.3, -0.25) is 24.6 Å². The number of thioether (sulfide) groups is 1. The third-order valence-electron chi connectivity index (χ3n) is 2.70. The van der Waals surface area contributed by atoms with Gasteiger partial charge in [0.1, 0.15) is 5.75 Å². The fourth-order valence-electron chi connectivity index (χ4n) is 1.68. The first-order valence-corrected chi connectivity index (χ1v) is 6.48. The van der Waals surface area contributed by atoms with E-state index < -0.39 is 16.1 Å². The molecule has 0 spiro atoms. The van der Waals surface area contributed by atoms with E-state index in [9.17, 15) is 24.8 Å². The summed E-state index contributed by atoms with van der Waals surface area (Å²) in [5.74, 6) is -0.660. The lowest BCUT2D eigenvalue weighted by Crippen LogP contribution is -2.27. The molecule has 0 atom stereocenters. The molecular weight excluding hydrogens is 284 g/mol. The second-order valence-corrected chi connectivity index (χ2v) is 4.92. The molecule has 1 fully saturated rings. The Hall–Kier alpha value is -2.35. The summed E-state index contributed by atoms with van der Waals surface area (Å²) in [5.41, 5.74) is -0.0791. The highest BCUT2D eigenvalue weighted by atomic mass is 32.2. The summed E-state index contributed by atoms with van der Waals surface area (Å²) in [5, 5.41) is 20.0. The molecule has 1 aliphatic rings. The van der Waals surface area contributed by atoms with Gasteiger partial charge in [-0.25, -0.2) is 0 Å². The molecule has 2 amide bonds. The number of nitro groups is 1. The van der Waals surface area contributed by atoms with Crippen LogP contribution in [0.2, 0.25) is 0 Å². The van der Waals surface area contributed by atoms with Crippen molar-refractivity contribution < 1.29 is 19.6 Å². The lowest BCUT2D eigenvalue weighted by Gasteiger charge is -2.07. The predicted octanol–water partition coefficient (Wildman–Crippen LogP) is 2.36. The van der Waals surface area contributed by atoms with Gasteiger partial charge >= 0.3 is 0 Å². The second kappa shape index (κ2) is 5.33. The van der Waals surface area contributed by atoms with E-state index in [1.165, 1.54) is 12.1 Å². The maximum Gasteiger partial charge on any atom is 0.293 e. The molecule has 0 aliphatic carbocycles. The number of phenolic OH excluding ortho intramolecular Hbond substituents is 1. The van der Waals surface area contributed by atoms with Crippen LogP contribution in [0, 0.1) is 10.1 Å². The van der Waals surface area contributed by atoms with Crippen molar-refractivity contribution in [2.45, 2.75) is 6.92 Å². The van der Waals surface area contributed by atoms with Gasteiger partial charge in [-0.15, -0.1) is 0 Å². The highest BCUT2D eigenvalue weighted by Crippen LogP contribution is 2.34. The number of amides is 2. The number of nitrogens with zero attached hydrogens (tertiary/aromatic N) is 2. The molecule has 2 rings (SSSR count). The van der Waals surface area contributed by atoms with E-state index in [1.54, 1.807) is 6.92 Å². The van der Waals surface area contributed by atoms with Crippen molar-refractivity contribution in [2.75, 3.05) is 6.54 Å². The Morgan fingerprint density at radius 2 is 2.15 bits per heavy atom. The summed E-state index contributed by atoms with van der Waals surface area (Å²) in [6.45, 7) is 1.92. The third-order valence-corrected chi connectivity index (χ3v) is 3.61. The second-order valence-electron chi connectivity index (χ2n) is 3.93. The number of phenols is 1. The zero-order valence-corrected chi connectivity index (χ0v) is 11.2. The van der Waals surface area contributed by atoms with E-state index in [0.717, 1.165) is 28.8 Å². The van der Waals surface area contributed by atoms with Gasteiger partial charge < -0.3 is 5.11 Å². The number of carbonyl (C=O) groups excluding carboxylic acids is 2. The number of rotatable bonds is 3. The molecule has 8 heteroatoms. The molecular formula is C12H10N2O5S. The normalized spacial score (nSPS) is 17.1. The van der Waals surface area contributed by atoms with Crippen LogP contribution in [-0.4, -0.2) is 32.6 Å².